The maximum absolute atomic E-state index is 12.6. The molecule has 1 atom stereocenters. The molecule has 1 amide bonds. The average molecular weight is 581 g/mol. The summed E-state index contributed by atoms with van der Waals surface area (Å²) in [5.41, 5.74) is 3.89. The van der Waals surface area contributed by atoms with Crippen LogP contribution in [0.1, 0.15) is 42.0 Å². The van der Waals surface area contributed by atoms with Crippen LogP contribution in [-0.2, 0) is 16.8 Å². The van der Waals surface area contributed by atoms with Gasteiger partial charge in [0.1, 0.15) is 5.60 Å². The van der Waals surface area contributed by atoms with Crippen LogP contribution in [0, 0.1) is 5.92 Å². The summed E-state index contributed by atoms with van der Waals surface area (Å²) >= 11 is 7.14. The summed E-state index contributed by atoms with van der Waals surface area (Å²) in [5, 5.41) is 13.9. The summed E-state index contributed by atoms with van der Waals surface area (Å²) in [5.74, 6) is 0.471. The molecule has 0 bridgehead atoms. The summed E-state index contributed by atoms with van der Waals surface area (Å²) in [6.45, 7) is 2.83. The fraction of sp³-hybridized carbons (Fsp3) is 0.265. The number of carbonyl (C=O) groups is 1. The molecule has 6 rings (SSSR count). The molecule has 0 radical (unpaired) electrons. The molecule has 1 unspecified atom stereocenters. The lowest BCUT2D eigenvalue weighted by atomic mass is 9.72. The third kappa shape index (κ3) is 5.14. The Morgan fingerprint density at radius 2 is 1.79 bits per heavy atom. The molecule has 214 valence electrons. The zero-order chi connectivity index (χ0) is 29.3. The first-order valence-corrected chi connectivity index (χ1v) is 14.5. The Kier molecular flexibility index (Phi) is 7.71. The van der Waals surface area contributed by atoms with Crippen LogP contribution in [0.5, 0.6) is 5.88 Å². The van der Waals surface area contributed by atoms with E-state index in [-0.39, 0.29) is 11.8 Å². The quantitative estimate of drug-likeness (QED) is 0.249. The van der Waals surface area contributed by atoms with Crippen molar-refractivity contribution in [1.29, 1.82) is 0 Å². The van der Waals surface area contributed by atoms with E-state index in [4.69, 9.17) is 21.3 Å². The number of carbonyl (C=O) groups excluding carboxylic acids is 1. The highest BCUT2D eigenvalue weighted by Gasteiger charge is 2.42. The summed E-state index contributed by atoms with van der Waals surface area (Å²) in [6.07, 6.45) is 7.34. The van der Waals surface area contributed by atoms with Crippen LogP contribution in [0.15, 0.2) is 91.5 Å². The number of aliphatic hydroxyl groups is 1. The topological polar surface area (TPSA) is 80.5 Å². The summed E-state index contributed by atoms with van der Waals surface area (Å²) in [4.78, 5) is 22.8. The van der Waals surface area contributed by atoms with Crippen molar-refractivity contribution in [1.82, 2.24) is 19.4 Å². The molecular weight excluding hydrogens is 548 g/mol. The molecule has 3 aromatic carbocycles. The van der Waals surface area contributed by atoms with E-state index in [1.165, 1.54) is 0 Å². The molecule has 1 aliphatic heterocycles. The number of likely N-dealkylation sites (tertiary alicyclic amines) is 1. The number of hydrogen-bond acceptors (Lipinski definition) is 5. The van der Waals surface area contributed by atoms with Gasteiger partial charge in [-0.2, -0.15) is 0 Å². The molecule has 0 saturated carbocycles. The van der Waals surface area contributed by atoms with Gasteiger partial charge in [0.15, 0.2) is 0 Å². The standard InChI is InChI=1S/C34H33ClN4O3/c1-23(40)38-17-14-26(15-18-38)34(41,25-6-4-3-5-7-25)27-10-13-31-29(21-27)32(35)30(33(37-31)42-2)20-24-8-11-28(12-9-24)39-19-16-36-22-39/h3-13,16,19,21-22,26,41H,14-15,17-18,20H2,1-2H3. The van der Waals surface area contributed by atoms with Gasteiger partial charge in [-0.05, 0) is 59.7 Å². The van der Waals surface area contributed by atoms with Gasteiger partial charge in [0.05, 0.1) is 24.0 Å². The van der Waals surface area contributed by atoms with Gasteiger partial charge in [-0.15, -0.1) is 0 Å². The molecular formula is C34H33ClN4O3. The summed E-state index contributed by atoms with van der Waals surface area (Å²) < 4.78 is 7.64. The Bertz CT molecular complexity index is 1700. The number of aromatic nitrogens is 3. The first-order valence-electron chi connectivity index (χ1n) is 14.2. The van der Waals surface area contributed by atoms with Crippen molar-refractivity contribution in [2.24, 2.45) is 5.92 Å². The minimum atomic E-state index is -1.26. The lowest BCUT2D eigenvalue weighted by molar-refractivity contribution is -0.131. The number of benzene rings is 3. The maximum atomic E-state index is 12.6. The van der Waals surface area contributed by atoms with Crippen LogP contribution in [0.4, 0.5) is 0 Å². The van der Waals surface area contributed by atoms with Gasteiger partial charge in [-0.1, -0.05) is 60.1 Å². The third-order valence-electron chi connectivity index (χ3n) is 8.48. The Hall–Kier alpha value is -4.20. The molecule has 3 heterocycles. The number of halogens is 1. The smallest absolute Gasteiger partial charge is 0.219 e. The van der Waals surface area contributed by atoms with E-state index in [2.05, 4.69) is 17.1 Å². The van der Waals surface area contributed by atoms with E-state index in [9.17, 15) is 9.90 Å². The lowest BCUT2D eigenvalue weighted by Crippen LogP contribution is -2.45. The molecule has 1 aliphatic rings. The number of fused-ring (bicyclic) bond motifs is 1. The number of imidazole rings is 1. The SMILES string of the molecule is COc1nc2ccc(C(O)(c3ccccc3)C3CCN(C(C)=O)CC3)cc2c(Cl)c1Cc1ccc(-n2ccnc2)cc1. The zero-order valence-corrected chi connectivity index (χ0v) is 24.5. The van der Waals surface area contributed by atoms with Gasteiger partial charge in [0.2, 0.25) is 11.8 Å². The van der Waals surface area contributed by atoms with Crippen LogP contribution < -0.4 is 4.74 Å². The average Bonchev–Trinajstić information content (AvgIpc) is 3.58. The minimum Gasteiger partial charge on any atom is -0.481 e. The first-order chi connectivity index (χ1) is 20.4. The van der Waals surface area contributed by atoms with E-state index < -0.39 is 5.60 Å². The molecule has 5 aromatic rings. The number of methoxy groups -OCH3 is 1. The van der Waals surface area contributed by atoms with Crippen LogP contribution in [0.25, 0.3) is 16.6 Å². The molecule has 42 heavy (non-hydrogen) atoms. The van der Waals surface area contributed by atoms with E-state index in [1.807, 2.05) is 76.3 Å². The highest BCUT2D eigenvalue weighted by Crippen LogP contribution is 2.44. The Balaban J connectivity index is 1.40. The highest BCUT2D eigenvalue weighted by molar-refractivity contribution is 6.36. The second kappa shape index (κ2) is 11.6. The number of nitrogens with zero attached hydrogens (tertiary/aromatic N) is 4. The van der Waals surface area contributed by atoms with Gasteiger partial charge in [-0.25, -0.2) is 9.97 Å². The molecule has 0 aliphatic carbocycles. The van der Waals surface area contributed by atoms with Crippen LogP contribution in [0.2, 0.25) is 5.02 Å². The number of hydrogen-bond donors (Lipinski definition) is 1. The normalized spacial score (nSPS) is 15.5. The Labute approximate surface area is 250 Å². The molecule has 7 nitrogen and oxygen atoms in total. The largest absolute Gasteiger partial charge is 0.481 e. The monoisotopic (exact) mass is 580 g/mol. The van der Waals surface area contributed by atoms with Crippen molar-refractivity contribution in [3.63, 3.8) is 0 Å². The van der Waals surface area contributed by atoms with E-state index in [0.29, 0.717) is 48.8 Å². The van der Waals surface area contributed by atoms with E-state index in [0.717, 1.165) is 33.3 Å². The fourth-order valence-corrected chi connectivity index (χ4v) is 6.45. The molecule has 1 N–H and O–H groups in total. The maximum Gasteiger partial charge on any atom is 0.219 e. The number of amides is 1. The van der Waals surface area contributed by atoms with E-state index >= 15 is 0 Å². The summed E-state index contributed by atoms with van der Waals surface area (Å²) in [6, 6.07) is 23.8. The Morgan fingerprint density at radius 3 is 2.43 bits per heavy atom. The van der Waals surface area contributed by atoms with Crippen molar-refractivity contribution in [3.05, 3.63) is 119 Å². The lowest BCUT2D eigenvalue weighted by Gasteiger charge is -2.42. The zero-order valence-electron chi connectivity index (χ0n) is 23.7. The third-order valence-corrected chi connectivity index (χ3v) is 8.91. The van der Waals surface area contributed by atoms with Crippen molar-refractivity contribution in [3.8, 4) is 11.6 Å². The fourth-order valence-electron chi connectivity index (χ4n) is 6.15. The van der Waals surface area contributed by atoms with Gasteiger partial charge in [0.25, 0.3) is 0 Å². The number of piperidine rings is 1. The second-order valence-corrected chi connectivity index (χ2v) is 11.2. The Morgan fingerprint density at radius 1 is 1.05 bits per heavy atom. The molecule has 0 spiro atoms. The first kappa shape index (κ1) is 27.9. The van der Waals surface area contributed by atoms with Gasteiger partial charge < -0.3 is 19.3 Å². The van der Waals surface area contributed by atoms with Crippen molar-refractivity contribution in [2.45, 2.75) is 31.8 Å². The summed E-state index contributed by atoms with van der Waals surface area (Å²) in [7, 11) is 1.60. The van der Waals surface area contributed by atoms with Crippen LogP contribution in [0.3, 0.4) is 0 Å². The van der Waals surface area contributed by atoms with Crippen LogP contribution >= 0.6 is 11.6 Å². The minimum absolute atomic E-state index is 0.0677. The molecule has 8 heteroatoms. The predicted molar refractivity (Wildman–Crippen MR) is 164 cm³/mol. The second-order valence-electron chi connectivity index (χ2n) is 10.9. The molecule has 2 aromatic heterocycles. The van der Waals surface area contributed by atoms with Gasteiger partial charge >= 0.3 is 0 Å². The van der Waals surface area contributed by atoms with Gasteiger partial charge in [0, 0.05) is 55.5 Å². The number of rotatable bonds is 7. The predicted octanol–water partition coefficient (Wildman–Crippen LogP) is 6.17. The number of ether oxygens (including phenoxy) is 1. The molecule has 1 saturated heterocycles. The van der Waals surface area contributed by atoms with Crippen molar-refractivity contribution < 1.29 is 14.6 Å². The molecule has 1 fully saturated rings. The van der Waals surface area contributed by atoms with Crippen molar-refractivity contribution >= 4 is 28.4 Å². The van der Waals surface area contributed by atoms with Crippen LogP contribution in [-0.4, -0.2) is 50.6 Å². The van der Waals surface area contributed by atoms with Gasteiger partial charge in [-0.3, -0.25) is 4.79 Å². The van der Waals surface area contributed by atoms with E-state index in [1.54, 1.807) is 26.6 Å². The number of pyridine rings is 1. The van der Waals surface area contributed by atoms with Crippen molar-refractivity contribution in [2.75, 3.05) is 20.2 Å². The highest BCUT2D eigenvalue weighted by atomic mass is 35.5.